The Morgan fingerprint density at radius 2 is 1.83 bits per heavy atom. The van der Waals surface area contributed by atoms with Crippen LogP contribution in [0.15, 0.2) is 76.5 Å². The van der Waals surface area contributed by atoms with Crippen molar-refractivity contribution >= 4 is 46.9 Å². The fraction of sp³-hybridized carbons (Fsp3) is 0.185. The minimum absolute atomic E-state index is 0.106. The summed E-state index contributed by atoms with van der Waals surface area (Å²) in [6, 6.07) is 20.3. The van der Waals surface area contributed by atoms with Crippen LogP contribution in [0.25, 0.3) is 6.08 Å². The average Bonchev–Trinajstić information content (AvgIpc) is 2.87. The van der Waals surface area contributed by atoms with Crippen LogP contribution >= 0.6 is 23.4 Å². The molecule has 0 radical (unpaired) electrons. The van der Waals surface area contributed by atoms with Crippen molar-refractivity contribution in [2.24, 2.45) is 0 Å². The molecule has 1 atom stereocenters. The van der Waals surface area contributed by atoms with Gasteiger partial charge in [0.05, 0.1) is 16.6 Å². The van der Waals surface area contributed by atoms with Gasteiger partial charge in [-0.3, -0.25) is 14.5 Å². The van der Waals surface area contributed by atoms with Crippen LogP contribution in [0, 0.1) is 0 Å². The first kappa shape index (κ1) is 23.3. The number of carbonyl (C=O) groups excluding carboxylic acids is 2. The largest absolute Gasteiger partial charge is 0.486 e. The third-order valence-electron chi connectivity index (χ3n) is 5.77. The number of hydrogen-bond acceptors (Lipinski definition) is 5. The van der Waals surface area contributed by atoms with Gasteiger partial charge in [-0.2, -0.15) is 0 Å². The van der Waals surface area contributed by atoms with E-state index in [1.807, 2.05) is 67.6 Å². The Labute approximate surface area is 212 Å². The summed E-state index contributed by atoms with van der Waals surface area (Å²) < 4.78 is 11.2. The van der Waals surface area contributed by atoms with Gasteiger partial charge in [0, 0.05) is 9.92 Å². The number of nitrogens with one attached hydrogen (secondary N) is 1. The van der Waals surface area contributed by atoms with Gasteiger partial charge in [0.1, 0.15) is 19.8 Å². The number of carbonyl (C=O) groups is 2. The van der Waals surface area contributed by atoms with Crippen LogP contribution in [0.2, 0.25) is 5.02 Å². The van der Waals surface area contributed by atoms with E-state index < -0.39 is 0 Å². The number of para-hydroxylation sites is 1. The summed E-state index contributed by atoms with van der Waals surface area (Å²) in [6.07, 6.45) is 1.77. The monoisotopic (exact) mass is 506 g/mol. The number of benzene rings is 3. The van der Waals surface area contributed by atoms with Crippen LogP contribution in [0.1, 0.15) is 24.1 Å². The fourth-order valence-corrected chi connectivity index (χ4v) is 5.24. The number of fused-ring (bicyclic) bond motifs is 2. The molecule has 6 nitrogen and oxygen atoms in total. The molecule has 8 heteroatoms. The number of halogens is 1. The number of amides is 2. The summed E-state index contributed by atoms with van der Waals surface area (Å²) in [5.41, 5.74) is 2.35. The first-order valence-corrected chi connectivity index (χ1v) is 12.4. The van der Waals surface area contributed by atoms with Gasteiger partial charge in [-0.05, 0) is 54.5 Å². The molecule has 2 aliphatic rings. The number of ether oxygens (including phenoxy) is 2. The van der Waals surface area contributed by atoms with Crippen LogP contribution in [0.5, 0.6) is 11.5 Å². The molecule has 0 spiro atoms. The molecule has 0 aliphatic carbocycles. The molecule has 0 bridgehead atoms. The lowest BCUT2D eigenvalue weighted by Crippen LogP contribution is -2.43. The molecule has 0 fully saturated rings. The number of anilines is 1. The van der Waals surface area contributed by atoms with Gasteiger partial charge < -0.3 is 14.8 Å². The molecule has 3 aromatic carbocycles. The minimum atomic E-state index is -0.277. The Morgan fingerprint density at radius 1 is 1.09 bits per heavy atom. The number of rotatable bonds is 5. The molecule has 5 rings (SSSR count). The molecule has 178 valence electrons. The second-order valence-electron chi connectivity index (χ2n) is 8.18. The zero-order chi connectivity index (χ0) is 24.4. The fourth-order valence-electron chi connectivity index (χ4n) is 4.00. The van der Waals surface area contributed by atoms with E-state index in [1.54, 1.807) is 12.1 Å². The van der Waals surface area contributed by atoms with Gasteiger partial charge in [0.25, 0.3) is 5.91 Å². The predicted molar refractivity (Wildman–Crippen MR) is 138 cm³/mol. The standard InChI is InChI=1S/C27H23ClN2O4S/c1-17(18-10-11-22-23(14-18)34-13-12-33-22)29-26(31)16-30-21-8-4-5-9-24(21)35-25(27(30)32)15-19-6-2-3-7-20(19)28/h2-11,14-15,17H,12-13,16H2,1H3,(H,29,31). The van der Waals surface area contributed by atoms with Crippen molar-refractivity contribution in [1.82, 2.24) is 5.32 Å². The lowest BCUT2D eigenvalue weighted by Gasteiger charge is -2.30. The predicted octanol–water partition coefficient (Wildman–Crippen LogP) is 5.47. The lowest BCUT2D eigenvalue weighted by molar-refractivity contribution is -0.122. The minimum Gasteiger partial charge on any atom is -0.486 e. The first-order valence-electron chi connectivity index (χ1n) is 11.2. The summed E-state index contributed by atoms with van der Waals surface area (Å²) in [4.78, 5) is 29.4. The molecule has 1 N–H and O–H groups in total. The summed E-state index contributed by atoms with van der Waals surface area (Å²) >= 11 is 7.69. The van der Waals surface area contributed by atoms with Gasteiger partial charge in [-0.1, -0.05) is 59.8 Å². The van der Waals surface area contributed by atoms with Gasteiger partial charge in [0.15, 0.2) is 11.5 Å². The second-order valence-corrected chi connectivity index (χ2v) is 9.67. The first-order chi connectivity index (χ1) is 17.0. The van der Waals surface area contributed by atoms with Crippen LogP contribution in [0.4, 0.5) is 5.69 Å². The molecule has 0 saturated carbocycles. The van der Waals surface area contributed by atoms with Crippen LogP contribution < -0.4 is 19.7 Å². The topological polar surface area (TPSA) is 67.9 Å². The van der Waals surface area contributed by atoms with Crippen molar-refractivity contribution in [3.63, 3.8) is 0 Å². The van der Waals surface area contributed by atoms with E-state index in [-0.39, 0.29) is 24.4 Å². The molecular formula is C27H23ClN2O4S. The lowest BCUT2D eigenvalue weighted by atomic mass is 10.1. The van der Waals surface area contributed by atoms with E-state index >= 15 is 0 Å². The zero-order valence-electron chi connectivity index (χ0n) is 19.0. The van der Waals surface area contributed by atoms with Crippen molar-refractivity contribution in [2.75, 3.05) is 24.7 Å². The Balaban J connectivity index is 1.36. The third-order valence-corrected chi connectivity index (χ3v) is 7.19. The molecular weight excluding hydrogens is 484 g/mol. The SMILES string of the molecule is CC(NC(=O)CN1C(=O)C(=Cc2ccccc2Cl)Sc2ccccc21)c1ccc2c(c1)OCCO2. The van der Waals surface area contributed by atoms with Crippen molar-refractivity contribution in [2.45, 2.75) is 17.9 Å². The second kappa shape index (κ2) is 10.1. The summed E-state index contributed by atoms with van der Waals surface area (Å²) in [5.74, 6) is 0.862. The Bertz CT molecular complexity index is 1330. The Kier molecular flexibility index (Phi) is 6.70. The van der Waals surface area contributed by atoms with Crippen molar-refractivity contribution < 1.29 is 19.1 Å². The number of hydrogen-bond donors (Lipinski definition) is 1. The van der Waals surface area contributed by atoms with E-state index in [9.17, 15) is 9.59 Å². The Morgan fingerprint density at radius 3 is 2.66 bits per heavy atom. The summed E-state index contributed by atoms with van der Waals surface area (Å²) in [5, 5.41) is 3.56. The van der Waals surface area contributed by atoms with Crippen molar-refractivity contribution in [1.29, 1.82) is 0 Å². The molecule has 1 unspecified atom stereocenters. The average molecular weight is 507 g/mol. The van der Waals surface area contributed by atoms with Crippen LogP contribution in [0.3, 0.4) is 0 Å². The maximum atomic E-state index is 13.4. The molecule has 35 heavy (non-hydrogen) atoms. The van der Waals surface area contributed by atoms with Crippen LogP contribution in [-0.2, 0) is 9.59 Å². The van der Waals surface area contributed by atoms with E-state index in [2.05, 4.69) is 5.32 Å². The van der Waals surface area contributed by atoms with Gasteiger partial charge in [0.2, 0.25) is 5.91 Å². The molecule has 2 amide bonds. The Hall–Kier alpha value is -3.42. The molecule has 2 heterocycles. The highest BCUT2D eigenvalue weighted by molar-refractivity contribution is 8.04. The number of nitrogens with zero attached hydrogens (tertiary/aromatic N) is 1. The van der Waals surface area contributed by atoms with E-state index in [0.717, 1.165) is 16.0 Å². The molecule has 2 aliphatic heterocycles. The highest BCUT2D eigenvalue weighted by Gasteiger charge is 2.31. The smallest absolute Gasteiger partial charge is 0.265 e. The molecule has 0 aromatic heterocycles. The van der Waals surface area contributed by atoms with E-state index in [1.165, 1.54) is 16.7 Å². The zero-order valence-corrected chi connectivity index (χ0v) is 20.6. The number of thioether (sulfide) groups is 1. The van der Waals surface area contributed by atoms with Gasteiger partial charge in [-0.15, -0.1) is 0 Å². The highest BCUT2D eigenvalue weighted by atomic mass is 35.5. The maximum Gasteiger partial charge on any atom is 0.265 e. The summed E-state index contributed by atoms with van der Waals surface area (Å²) in [7, 11) is 0. The van der Waals surface area contributed by atoms with E-state index in [4.69, 9.17) is 21.1 Å². The summed E-state index contributed by atoms with van der Waals surface area (Å²) in [6.45, 7) is 2.81. The maximum absolute atomic E-state index is 13.4. The van der Waals surface area contributed by atoms with Gasteiger partial charge >= 0.3 is 0 Å². The van der Waals surface area contributed by atoms with Gasteiger partial charge in [-0.25, -0.2) is 0 Å². The quantitative estimate of drug-likeness (QED) is 0.465. The molecule has 0 saturated heterocycles. The molecule has 3 aromatic rings. The van der Waals surface area contributed by atoms with Crippen LogP contribution in [-0.4, -0.2) is 31.6 Å². The van der Waals surface area contributed by atoms with E-state index in [0.29, 0.717) is 40.3 Å². The van der Waals surface area contributed by atoms with Crippen molar-refractivity contribution in [3.05, 3.63) is 87.8 Å². The third kappa shape index (κ3) is 5.01. The highest BCUT2D eigenvalue weighted by Crippen LogP contribution is 2.42. The normalized spacial score (nSPS) is 16.6. The van der Waals surface area contributed by atoms with Crippen molar-refractivity contribution in [3.8, 4) is 11.5 Å².